The minimum Gasteiger partial charge on any atom is -0.491 e. The molecule has 1 heterocycles. The Kier molecular flexibility index (Phi) is 11.1. The second-order valence-electron chi connectivity index (χ2n) is 6.74. The van der Waals surface area contributed by atoms with Gasteiger partial charge in [-0.05, 0) is 49.9 Å². The monoisotopic (exact) mass is 508 g/mol. The van der Waals surface area contributed by atoms with Gasteiger partial charge in [0.15, 0.2) is 5.96 Å². The molecule has 28 heavy (non-hydrogen) atoms. The van der Waals surface area contributed by atoms with Crippen LogP contribution in [0.2, 0.25) is 0 Å². The maximum absolute atomic E-state index is 12.9. The molecule has 0 spiro atoms. The maximum Gasteiger partial charge on any atom is 0.217 e. The zero-order chi connectivity index (χ0) is 19.6. The number of likely N-dealkylation sites (tertiary alicyclic amines) is 1. The fourth-order valence-corrected chi connectivity index (χ4v) is 3.10. The summed E-state index contributed by atoms with van der Waals surface area (Å²) < 4.78 is 18.3. The highest BCUT2D eigenvalue weighted by molar-refractivity contribution is 14.0. The molecule has 1 saturated heterocycles. The highest BCUT2D eigenvalue weighted by Crippen LogP contribution is 2.19. The van der Waals surface area contributed by atoms with E-state index in [0.717, 1.165) is 25.9 Å². The number of hydrogen-bond acceptors (Lipinski definition) is 4. The molecule has 1 aliphatic rings. The van der Waals surface area contributed by atoms with Gasteiger partial charge in [-0.25, -0.2) is 4.39 Å². The van der Waals surface area contributed by atoms with E-state index in [4.69, 9.17) is 10.5 Å². The standard InChI is InChI=1S/C19H29FN4O3.HI/c1-2-22-19(24-9-3-4-14(12-24)10-18(21)26)23-11-16(25)13-27-17-7-5-15(20)6-8-17;/h5-8,14,16,25H,2-4,9-13H2,1H3,(H2,21,26)(H,22,23);1H. The van der Waals surface area contributed by atoms with Crippen molar-refractivity contribution in [3.8, 4) is 5.75 Å². The highest BCUT2D eigenvalue weighted by Gasteiger charge is 2.23. The van der Waals surface area contributed by atoms with E-state index in [-0.39, 0.29) is 54.8 Å². The fraction of sp³-hybridized carbons (Fsp3) is 0.579. The van der Waals surface area contributed by atoms with Crippen molar-refractivity contribution in [1.29, 1.82) is 0 Å². The number of rotatable bonds is 8. The molecule has 7 nitrogen and oxygen atoms in total. The minimum absolute atomic E-state index is 0. The zero-order valence-electron chi connectivity index (χ0n) is 16.1. The number of amides is 1. The van der Waals surface area contributed by atoms with Crippen molar-refractivity contribution >= 4 is 35.8 Å². The van der Waals surface area contributed by atoms with Crippen LogP contribution in [0.15, 0.2) is 29.3 Å². The van der Waals surface area contributed by atoms with Gasteiger partial charge in [0.25, 0.3) is 0 Å². The van der Waals surface area contributed by atoms with Crippen LogP contribution in [0.1, 0.15) is 26.2 Å². The number of ether oxygens (including phenoxy) is 1. The molecule has 0 saturated carbocycles. The van der Waals surface area contributed by atoms with E-state index in [9.17, 15) is 14.3 Å². The second kappa shape index (κ2) is 12.8. The molecule has 1 fully saturated rings. The molecule has 2 atom stereocenters. The summed E-state index contributed by atoms with van der Waals surface area (Å²) in [6.07, 6.45) is 1.55. The number of benzene rings is 1. The van der Waals surface area contributed by atoms with E-state index in [1.807, 2.05) is 6.92 Å². The summed E-state index contributed by atoms with van der Waals surface area (Å²) in [5.41, 5.74) is 5.32. The smallest absolute Gasteiger partial charge is 0.217 e. The Morgan fingerprint density at radius 1 is 1.46 bits per heavy atom. The lowest BCUT2D eigenvalue weighted by Gasteiger charge is -2.34. The summed E-state index contributed by atoms with van der Waals surface area (Å²) in [4.78, 5) is 17.8. The summed E-state index contributed by atoms with van der Waals surface area (Å²) in [5.74, 6) is 0.826. The van der Waals surface area contributed by atoms with Crippen molar-refractivity contribution in [3.05, 3.63) is 30.1 Å². The second-order valence-corrected chi connectivity index (χ2v) is 6.74. The van der Waals surface area contributed by atoms with Gasteiger partial charge in [-0.2, -0.15) is 0 Å². The SMILES string of the molecule is CCNC(=NCC(O)COc1ccc(F)cc1)N1CCCC(CC(N)=O)C1.I. The molecular weight excluding hydrogens is 478 g/mol. The molecule has 2 rings (SSSR count). The largest absolute Gasteiger partial charge is 0.491 e. The maximum atomic E-state index is 12.9. The molecule has 0 bridgehead atoms. The summed E-state index contributed by atoms with van der Waals surface area (Å²) in [6.45, 7) is 4.51. The first-order valence-corrected chi connectivity index (χ1v) is 9.36. The predicted octanol–water partition coefficient (Wildman–Crippen LogP) is 1.74. The van der Waals surface area contributed by atoms with Crippen LogP contribution in [0.4, 0.5) is 4.39 Å². The normalized spacial score (nSPS) is 18.2. The Morgan fingerprint density at radius 3 is 2.82 bits per heavy atom. The predicted molar refractivity (Wildman–Crippen MR) is 117 cm³/mol. The minimum atomic E-state index is -0.782. The third-order valence-corrected chi connectivity index (χ3v) is 4.35. The Bertz CT molecular complexity index is 630. The van der Waals surface area contributed by atoms with Gasteiger partial charge in [-0.1, -0.05) is 0 Å². The molecule has 1 aromatic rings. The van der Waals surface area contributed by atoms with Gasteiger partial charge in [0, 0.05) is 26.1 Å². The van der Waals surface area contributed by atoms with Gasteiger partial charge < -0.3 is 25.8 Å². The van der Waals surface area contributed by atoms with Crippen LogP contribution in [0.25, 0.3) is 0 Å². The third kappa shape index (κ3) is 8.59. The van der Waals surface area contributed by atoms with Crippen molar-refractivity contribution in [3.63, 3.8) is 0 Å². The topological polar surface area (TPSA) is 100 Å². The van der Waals surface area contributed by atoms with Crippen molar-refractivity contribution in [1.82, 2.24) is 10.2 Å². The first-order chi connectivity index (χ1) is 13.0. The lowest BCUT2D eigenvalue weighted by atomic mass is 9.95. The Morgan fingerprint density at radius 2 is 2.18 bits per heavy atom. The first kappa shape index (κ1) is 24.4. The zero-order valence-corrected chi connectivity index (χ0v) is 18.5. The van der Waals surface area contributed by atoms with Crippen LogP contribution in [-0.4, -0.2) is 60.8 Å². The fourth-order valence-electron chi connectivity index (χ4n) is 3.10. The number of guanidine groups is 1. The van der Waals surface area contributed by atoms with Crippen LogP contribution in [-0.2, 0) is 4.79 Å². The number of halogens is 2. The van der Waals surface area contributed by atoms with E-state index < -0.39 is 6.10 Å². The molecule has 0 aliphatic carbocycles. The number of hydrogen-bond donors (Lipinski definition) is 3. The molecule has 0 radical (unpaired) electrons. The molecule has 158 valence electrons. The van der Waals surface area contributed by atoms with Crippen molar-refractivity contribution in [2.45, 2.75) is 32.3 Å². The number of primary amides is 1. The van der Waals surface area contributed by atoms with Crippen LogP contribution >= 0.6 is 24.0 Å². The van der Waals surface area contributed by atoms with E-state index in [2.05, 4.69) is 15.2 Å². The summed E-state index contributed by atoms with van der Waals surface area (Å²) in [5, 5.41) is 13.4. The Hall–Kier alpha value is -1.62. The van der Waals surface area contributed by atoms with E-state index in [0.29, 0.717) is 24.7 Å². The van der Waals surface area contributed by atoms with E-state index >= 15 is 0 Å². The molecule has 1 aliphatic heterocycles. The van der Waals surface area contributed by atoms with E-state index in [1.54, 1.807) is 0 Å². The van der Waals surface area contributed by atoms with E-state index in [1.165, 1.54) is 24.3 Å². The highest BCUT2D eigenvalue weighted by atomic mass is 127. The van der Waals surface area contributed by atoms with Crippen LogP contribution in [0, 0.1) is 11.7 Å². The molecule has 4 N–H and O–H groups in total. The van der Waals surface area contributed by atoms with Crippen molar-refractivity contribution in [2.75, 3.05) is 32.8 Å². The molecule has 2 unspecified atom stereocenters. The molecule has 9 heteroatoms. The lowest BCUT2D eigenvalue weighted by molar-refractivity contribution is -0.119. The Labute approximate surface area is 182 Å². The number of nitrogens with two attached hydrogens (primary N) is 1. The lowest BCUT2D eigenvalue weighted by Crippen LogP contribution is -2.47. The third-order valence-electron chi connectivity index (χ3n) is 4.35. The molecule has 0 aromatic heterocycles. The van der Waals surface area contributed by atoms with Crippen LogP contribution in [0.5, 0.6) is 5.75 Å². The number of aliphatic hydroxyl groups excluding tert-OH is 1. The van der Waals surface area contributed by atoms with Gasteiger partial charge in [0.05, 0.1) is 6.54 Å². The quantitative estimate of drug-likeness (QED) is 0.282. The molecule has 1 amide bonds. The number of nitrogens with one attached hydrogen (secondary N) is 1. The number of nitrogens with zero attached hydrogens (tertiary/aromatic N) is 2. The average molecular weight is 508 g/mol. The van der Waals surface area contributed by atoms with Crippen LogP contribution in [0.3, 0.4) is 0 Å². The van der Waals surface area contributed by atoms with Gasteiger partial charge in [0.2, 0.25) is 5.91 Å². The van der Waals surface area contributed by atoms with Crippen molar-refractivity contribution in [2.24, 2.45) is 16.6 Å². The number of carbonyl (C=O) groups excluding carboxylic acids is 1. The van der Waals surface area contributed by atoms with Gasteiger partial charge in [0.1, 0.15) is 24.3 Å². The van der Waals surface area contributed by atoms with Gasteiger partial charge >= 0.3 is 0 Å². The Balaban J connectivity index is 0.00000392. The molecular formula is C19H30FIN4O3. The van der Waals surface area contributed by atoms with Gasteiger partial charge in [-0.15, -0.1) is 24.0 Å². The number of aliphatic imine (C=N–C) groups is 1. The summed E-state index contributed by atoms with van der Waals surface area (Å²) >= 11 is 0. The summed E-state index contributed by atoms with van der Waals surface area (Å²) in [6, 6.07) is 5.65. The van der Waals surface area contributed by atoms with Crippen molar-refractivity contribution < 1.29 is 19.0 Å². The summed E-state index contributed by atoms with van der Waals surface area (Å²) in [7, 11) is 0. The first-order valence-electron chi connectivity index (χ1n) is 9.36. The van der Waals surface area contributed by atoms with Gasteiger partial charge in [-0.3, -0.25) is 9.79 Å². The molecule has 1 aromatic carbocycles. The number of carbonyl (C=O) groups is 1. The average Bonchev–Trinajstić information content (AvgIpc) is 2.64. The number of piperidine rings is 1. The number of aliphatic hydroxyl groups is 1. The van der Waals surface area contributed by atoms with Crippen LogP contribution < -0.4 is 15.8 Å².